The lowest BCUT2D eigenvalue weighted by atomic mass is 10.1. The Labute approximate surface area is 152 Å². The first-order valence-corrected chi connectivity index (χ1v) is 9.90. The molecule has 0 aromatic heterocycles. The highest BCUT2D eigenvalue weighted by molar-refractivity contribution is 5.79. The Morgan fingerprint density at radius 1 is 1.24 bits per heavy atom. The van der Waals surface area contributed by atoms with E-state index in [0.29, 0.717) is 0 Å². The van der Waals surface area contributed by atoms with Crippen molar-refractivity contribution in [2.45, 2.75) is 51.2 Å². The molecule has 0 saturated carbocycles. The van der Waals surface area contributed by atoms with Crippen LogP contribution in [0.4, 0.5) is 0 Å². The minimum Gasteiger partial charge on any atom is -0.393 e. The normalized spacial score (nSPS) is 23.1. The maximum absolute atomic E-state index is 9.53. The SMILES string of the molecule is CCNC(=NCCCOC1CCOC1)NCCCN1CCC(O)CC1. The van der Waals surface area contributed by atoms with Gasteiger partial charge < -0.3 is 30.1 Å². The third-order valence-corrected chi connectivity index (χ3v) is 4.66. The summed E-state index contributed by atoms with van der Waals surface area (Å²) in [5.74, 6) is 0.890. The number of hydrogen-bond donors (Lipinski definition) is 3. The molecule has 2 rings (SSSR count). The van der Waals surface area contributed by atoms with E-state index in [1.54, 1.807) is 0 Å². The first-order valence-electron chi connectivity index (χ1n) is 9.90. The van der Waals surface area contributed by atoms with Gasteiger partial charge in [0.1, 0.15) is 0 Å². The van der Waals surface area contributed by atoms with Crippen LogP contribution in [-0.2, 0) is 9.47 Å². The van der Waals surface area contributed by atoms with Gasteiger partial charge >= 0.3 is 0 Å². The molecule has 2 fully saturated rings. The fourth-order valence-electron chi connectivity index (χ4n) is 3.14. The summed E-state index contributed by atoms with van der Waals surface area (Å²) in [7, 11) is 0. The van der Waals surface area contributed by atoms with Crippen molar-refractivity contribution < 1.29 is 14.6 Å². The molecule has 2 heterocycles. The van der Waals surface area contributed by atoms with Crippen LogP contribution in [0.1, 0.15) is 39.0 Å². The number of guanidine groups is 1. The van der Waals surface area contributed by atoms with E-state index in [9.17, 15) is 5.11 Å². The summed E-state index contributed by atoms with van der Waals surface area (Å²) in [5.41, 5.74) is 0. The van der Waals surface area contributed by atoms with E-state index in [1.807, 2.05) is 0 Å². The Hall–Kier alpha value is -0.890. The van der Waals surface area contributed by atoms with Crippen LogP contribution in [0.3, 0.4) is 0 Å². The van der Waals surface area contributed by atoms with Crippen LogP contribution in [0.25, 0.3) is 0 Å². The second-order valence-electron chi connectivity index (χ2n) is 6.82. The molecule has 0 bridgehead atoms. The van der Waals surface area contributed by atoms with Crippen molar-refractivity contribution in [2.24, 2.45) is 4.99 Å². The molecule has 7 heteroatoms. The summed E-state index contributed by atoms with van der Waals surface area (Å²) < 4.78 is 11.1. The van der Waals surface area contributed by atoms with Crippen molar-refractivity contribution in [3.05, 3.63) is 0 Å². The molecule has 146 valence electrons. The Morgan fingerprint density at radius 3 is 2.80 bits per heavy atom. The van der Waals surface area contributed by atoms with Gasteiger partial charge in [-0.05, 0) is 45.6 Å². The molecule has 0 spiro atoms. The standard InChI is InChI=1S/C18H36N4O3/c1-2-19-18(21-9-4-13-25-17-7-14-24-15-17)20-8-3-10-22-11-5-16(23)6-12-22/h16-17,23H,2-15H2,1H3,(H2,19,20,21). The van der Waals surface area contributed by atoms with Gasteiger partial charge in [0.25, 0.3) is 0 Å². The zero-order valence-corrected chi connectivity index (χ0v) is 15.7. The van der Waals surface area contributed by atoms with E-state index in [2.05, 4.69) is 27.4 Å². The molecule has 1 unspecified atom stereocenters. The van der Waals surface area contributed by atoms with Gasteiger partial charge in [0, 0.05) is 45.9 Å². The van der Waals surface area contributed by atoms with Gasteiger partial charge in [0.15, 0.2) is 5.96 Å². The number of aliphatic hydroxyl groups excluding tert-OH is 1. The molecule has 7 nitrogen and oxygen atoms in total. The average Bonchev–Trinajstić information content (AvgIpc) is 3.13. The van der Waals surface area contributed by atoms with Gasteiger partial charge in [-0.2, -0.15) is 0 Å². The van der Waals surface area contributed by atoms with E-state index in [0.717, 1.165) is 97.2 Å². The lowest BCUT2D eigenvalue weighted by Gasteiger charge is -2.29. The van der Waals surface area contributed by atoms with E-state index in [-0.39, 0.29) is 12.2 Å². The third kappa shape index (κ3) is 8.85. The van der Waals surface area contributed by atoms with Crippen LogP contribution >= 0.6 is 0 Å². The fourth-order valence-corrected chi connectivity index (χ4v) is 3.14. The molecule has 3 N–H and O–H groups in total. The Balaban J connectivity index is 1.52. The fraction of sp³-hybridized carbons (Fsp3) is 0.944. The summed E-state index contributed by atoms with van der Waals surface area (Å²) in [6.45, 7) is 10.1. The lowest BCUT2D eigenvalue weighted by molar-refractivity contribution is 0.0424. The minimum atomic E-state index is -0.0907. The highest BCUT2D eigenvalue weighted by Gasteiger charge is 2.16. The second-order valence-corrected chi connectivity index (χ2v) is 6.82. The predicted molar refractivity (Wildman–Crippen MR) is 100 cm³/mol. The molecule has 0 aromatic rings. The van der Waals surface area contributed by atoms with Gasteiger partial charge in [-0.1, -0.05) is 0 Å². The molecule has 0 radical (unpaired) electrons. The van der Waals surface area contributed by atoms with Gasteiger partial charge in [-0.3, -0.25) is 4.99 Å². The first kappa shape index (κ1) is 20.4. The van der Waals surface area contributed by atoms with Crippen molar-refractivity contribution in [3.8, 4) is 0 Å². The van der Waals surface area contributed by atoms with E-state index < -0.39 is 0 Å². The maximum atomic E-state index is 9.53. The van der Waals surface area contributed by atoms with Crippen molar-refractivity contribution in [1.29, 1.82) is 0 Å². The minimum absolute atomic E-state index is 0.0907. The predicted octanol–water partition coefficient (Wildman–Crippen LogP) is 0.584. The number of nitrogens with zero attached hydrogens (tertiary/aromatic N) is 2. The van der Waals surface area contributed by atoms with Crippen LogP contribution in [0.15, 0.2) is 4.99 Å². The van der Waals surface area contributed by atoms with Gasteiger partial charge in [-0.15, -0.1) is 0 Å². The monoisotopic (exact) mass is 356 g/mol. The number of nitrogens with one attached hydrogen (secondary N) is 2. The summed E-state index contributed by atoms with van der Waals surface area (Å²) in [6.07, 6.45) is 5.05. The Kier molecular flexibility index (Phi) is 10.2. The second kappa shape index (κ2) is 12.5. The lowest BCUT2D eigenvalue weighted by Crippen LogP contribution is -2.40. The summed E-state index contributed by atoms with van der Waals surface area (Å²) >= 11 is 0. The molecule has 0 amide bonds. The van der Waals surface area contributed by atoms with E-state index >= 15 is 0 Å². The molecule has 2 aliphatic rings. The van der Waals surface area contributed by atoms with Crippen molar-refractivity contribution in [3.63, 3.8) is 0 Å². The van der Waals surface area contributed by atoms with Gasteiger partial charge in [0.2, 0.25) is 0 Å². The van der Waals surface area contributed by atoms with E-state index in [4.69, 9.17) is 9.47 Å². The van der Waals surface area contributed by atoms with Crippen molar-refractivity contribution in [1.82, 2.24) is 15.5 Å². The number of ether oxygens (including phenoxy) is 2. The number of likely N-dealkylation sites (tertiary alicyclic amines) is 1. The van der Waals surface area contributed by atoms with Crippen LogP contribution in [0.5, 0.6) is 0 Å². The number of rotatable bonds is 10. The molecule has 1 atom stereocenters. The summed E-state index contributed by atoms with van der Waals surface area (Å²) in [5, 5.41) is 16.2. The number of hydrogen-bond acceptors (Lipinski definition) is 5. The quantitative estimate of drug-likeness (QED) is 0.302. The Bertz CT molecular complexity index is 367. The Morgan fingerprint density at radius 2 is 2.08 bits per heavy atom. The molecular formula is C18H36N4O3. The number of aliphatic hydroxyl groups is 1. The first-order chi connectivity index (χ1) is 12.3. The molecule has 2 saturated heterocycles. The van der Waals surface area contributed by atoms with Gasteiger partial charge in [-0.25, -0.2) is 0 Å². The molecule has 0 aromatic carbocycles. The maximum Gasteiger partial charge on any atom is 0.191 e. The third-order valence-electron chi connectivity index (χ3n) is 4.66. The molecule has 25 heavy (non-hydrogen) atoms. The number of aliphatic imine (C=N–C) groups is 1. The van der Waals surface area contributed by atoms with Crippen molar-refractivity contribution >= 4 is 5.96 Å². The highest BCUT2D eigenvalue weighted by Crippen LogP contribution is 2.09. The topological polar surface area (TPSA) is 78.4 Å². The van der Waals surface area contributed by atoms with Crippen LogP contribution < -0.4 is 10.6 Å². The van der Waals surface area contributed by atoms with Crippen LogP contribution in [0.2, 0.25) is 0 Å². The zero-order valence-electron chi connectivity index (χ0n) is 15.7. The largest absolute Gasteiger partial charge is 0.393 e. The number of piperidine rings is 1. The average molecular weight is 357 g/mol. The molecule has 2 aliphatic heterocycles. The molecular weight excluding hydrogens is 320 g/mol. The highest BCUT2D eigenvalue weighted by atomic mass is 16.5. The molecule has 0 aliphatic carbocycles. The summed E-state index contributed by atoms with van der Waals surface area (Å²) in [6, 6.07) is 0. The van der Waals surface area contributed by atoms with Crippen LogP contribution in [0, 0.1) is 0 Å². The zero-order chi connectivity index (χ0) is 17.7. The summed E-state index contributed by atoms with van der Waals surface area (Å²) in [4.78, 5) is 7.04. The smallest absolute Gasteiger partial charge is 0.191 e. The van der Waals surface area contributed by atoms with Crippen LogP contribution in [-0.4, -0.2) is 87.3 Å². The van der Waals surface area contributed by atoms with Gasteiger partial charge in [0.05, 0.1) is 18.8 Å². The van der Waals surface area contributed by atoms with E-state index in [1.165, 1.54) is 0 Å². The van der Waals surface area contributed by atoms with Crippen molar-refractivity contribution in [2.75, 3.05) is 59.1 Å².